The molecule has 6 rings (SSSR count). The van der Waals surface area contributed by atoms with Crippen molar-refractivity contribution >= 4 is 34.5 Å². The van der Waals surface area contributed by atoms with Crippen molar-refractivity contribution in [3.63, 3.8) is 0 Å². The number of allylic oxidation sites excluding steroid dienone is 1. The van der Waals surface area contributed by atoms with E-state index in [2.05, 4.69) is 5.32 Å². The Morgan fingerprint density at radius 3 is 2.58 bits per heavy atom. The van der Waals surface area contributed by atoms with Crippen LogP contribution in [0.25, 0.3) is 28.1 Å². The van der Waals surface area contributed by atoms with Gasteiger partial charge in [-0.15, -0.1) is 0 Å². The molecule has 192 valence electrons. The van der Waals surface area contributed by atoms with Crippen molar-refractivity contribution in [1.29, 1.82) is 0 Å². The number of phenols is 2. The average molecular weight is 512 g/mol. The number of ether oxygens (including phenoxy) is 2. The zero-order chi connectivity index (χ0) is 26.4. The molecule has 2 aliphatic rings. The first-order valence-electron chi connectivity index (χ1n) is 12.2. The first-order valence-corrected chi connectivity index (χ1v) is 12.2. The highest BCUT2D eigenvalue weighted by molar-refractivity contribution is 6.17. The molecule has 0 bridgehead atoms. The van der Waals surface area contributed by atoms with Crippen LogP contribution in [0.4, 0.5) is 10.5 Å². The second kappa shape index (κ2) is 9.28. The van der Waals surface area contributed by atoms with Crippen LogP contribution >= 0.6 is 0 Å². The number of Topliss-reactive ketones (excluding diaryl/α,β-unsaturated/α-hetero) is 1. The quantitative estimate of drug-likeness (QED) is 0.343. The zero-order valence-corrected chi connectivity index (χ0v) is 20.6. The number of phenolic OH excluding ortho intramolecular Hbond substituents is 2. The topological polar surface area (TPSA) is 113 Å². The van der Waals surface area contributed by atoms with Crippen molar-refractivity contribution in [1.82, 2.24) is 9.47 Å². The summed E-state index contributed by atoms with van der Waals surface area (Å²) in [4.78, 5) is 27.3. The molecular weight excluding hydrogens is 486 g/mol. The maximum absolute atomic E-state index is 13.0. The summed E-state index contributed by atoms with van der Waals surface area (Å²) in [5.74, 6) is -0.786. The van der Waals surface area contributed by atoms with E-state index in [1.165, 1.54) is 6.07 Å². The number of carbonyl (C=O) groups is 2. The fraction of sp³-hybridized carbons (Fsp3) is 0.172. The van der Waals surface area contributed by atoms with E-state index < -0.39 is 5.78 Å². The molecule has 1 aromatic heterocycles. The minimum atomic E-state index is -0.452. The molecule has 3 heterocycles. The Bertz CT molecular complexity index is 1610. The molecule has 3 aromatic carbocycles. The number of fused-ring (bicyclic) bond motifs is 2. The molecule has 38 heavy (non-hydrogen) atoms. The van der Waals surface area contributed by atoms with Gasteiger partial charge in [-0.25, -0.2) is 4.79 Å². The Kier molecular flexibility index (Phi) is 5.77. The van der Waals surface area contributed by atoms with Gasteiger partial charge in [0.15, 0.2) is 5.76 Å². The van der Waals surface area contributed by atoms with E-state index >= 15 is 0 Å². The summed E-state index contributed by atoms with van der Waals surface area (Å²) in [5, 5.41) is 23.8. The Labute approximate surface area is 218 Å². The van der Waals surface area contributed by atoms with E-state index in [1.807, 2.05) is 60.3 Å². The molecule has 0 atom stereocenters. The van der Waals surface area contributed by atoms with Gasteiger partial charge in [-0.05, 0) is 35.4 Å². The number of morpholine rings is 1. The van der Waals surface area contributed by atoms with E-state index in [9.17, 15) is 19.8 Å². The normalized spacial score (nSPS) is 16.1. The van der Waals surface area contributed by atoms with Gasteiger partial charge in [-0.3, -0.25) is 4.79 Å². The summed E-state index contributed by atoms with van der Waals surface area (Å²) in [6, 6.07) is 15.9. The molecule has 2 aliphatic heterocycles. The summed E-state index contributed by atoms with van der Waals surface area (Å²) >= 11 is 0. The number of aromatic nitrogens is 1. The number of benzene rings is 3. The number of aryl methyl sites for hydroxylation is 1. The molecule has 1 fully saturated rings. The molecule has 0 aliphatic carbocycles. The number of hydrogen-bond acceptors (Lipinski definition) is 6. The van der Waals surface area contributed by atoms with E-state index in [-0.39, 0.29) is 34.6 Å². The number of urea groups is 1. The lowest BCUT2D eigenvalue weighted by atomic mass is 9.98. The van der Waals surface area contributed by atoms with Crippen LogP contribution in [0, 0.1) is 0 Å². The largest absolute Gasteiger partial charge is 0.508 e. The summed E-state index contributed by atoms with van der Waals surface area (Å²) in [5.41, 5.74) is 4.34. The lowest BCUT2D eigenvalue weighted by Gasteiger charge is -2.26. The molecule has 9 heteroatoms. The second-order valence-electron chi connectivity index (χ2n) is 9.28. The van der Waals surface area contributed by atoms with Crippen molar-refractivity contribution in [3.8, 4) is 28.4 Å². The molecule has 9 nitrogen and oxygen atoms in total. The van der Waals surface area contributed by atoms with Crippen LogP contribution in [-0.2, 0) is 11.8 Å². The van der Waals surface area contributed by atoms with Crippen LogP contribution in [0.3, 0.4) is 0 Å². The van der Waals surface area contributed by atoms with Crippen LogP contribution in [0.1, 0.15) is 15.9 Å². The van der Waals surface area contributed by atoms with E-state index in [0.29, 0.717) is 32.0 Å². The lowest BCUT2D eigenvalue weighted by Crippen LogP contribution is -2.43. The van der Waals surface area contributed by atoms with Crippen molar-refractivity contribution in [2.75, 3.05) is 31.6 Å². The summed E-state index contributed by atoms with van der Waals surface area (Å²) in [6.07, 6.45) is 3.57. The Balaban J connectivity index is 1.33. The van der Waals surface area contributed by atoms with Crippen LogP contribution in [-0.4, -0.2) is 57.8 Å². The molecule has 2 amide bonds. The average Bonchev–Trinajstić information content (AvgIpc) is 3.40. The maximum Gasteiger partial charge on any atom is 0.321 e. The minimum absolute atomic E-state index is 0.0317. The number of carbonyl (C=O) groups excluding carboxylic acids is 2. The van der Waals surface area contributed by atoms with Crippen LogP contribution in [0.2, 0.25) is 0 Å². The highest BCUT2D eigenvalue weighted by Crippen LogP contribution is 2.41. The van der Waals surface area contributed by atoms with Crippen molar-refractivity contribution < 1.29 is 29.3 Å². The standard InChI is InChI=1S/C29H25N3O6/c1-31-16-18(13-25-28(35)27-23(34)14-20(33)15-24(27)38-25)26-21(3-2-4-22(26)31)17-5-7-19(8-6-17)30-29(36)32-9-11-37-12-10-32/h2-8,13-16,33-34H,9-12H2,1H3,(H,30,36)/b25-13-. The SMILES string of the molecule is Cn1cc(/C=C2\Oc3cc(O)cc(O)c3C2=O)c2c(-c3ccc(NC(=O)N4CCOCC4)cc3)cccc21. The van der Waals surface area contributed by atoms with Crippen molar-refractivity contribution in [2.24, 2.45) is 7.05 Å². The van der Waals surface area contributed by atoms with Crippen molar-refractivity contribution in [3.05, 3.63) is 77.7 Å². The molecule has 0 spiro atoms. The van der Waals surface area contributed by atoms with Gasteiger partial charge in [0.1, 0.15) is 22.8 Å². The summed E-state index contributed by atoms with van der Waals surface area (Å²) in [7, 11) is 1.92. The number of nitrogens with one attached hydrogen (secondary N) is 1. The van der Waals surface area contributed by atoms with Crippen molar-refractivity contribution in [2.45, 2.75) is 0 Å². The van der Waals surface area contributed by atoms with Gasteiger partial charge in [0.25, 0.3) is 0 Å². The number of anilines is 1. The van der Waals surface area contributed by atoms with E-state index in [1.54, 1.807) is 11.0 Å². The second-order valence-corrected chi connectivity index (χ2v) is 9.28. The van der Waals surface area contributed by atoms with Gasteiger partial charge >= 0.3 is 6.03 Å². The van der Waals surface area contributed by atoms with Gasteiger partial charge in [-0.1, -0.05) is 24.3 Å². The predicted octanol–water partition coefficient (Wildman–Crippen LogP) is 4.74. The number of amides is 2. The molecular formula is C29H25N3O6. The molecule has 4 aromatic rings. The number of ketones is 1. The zero-order valence-electron chi connectivity index (χ0n) is 20.6. The Morgan fingerprint density at radius 2 is 1.82 bits per heavy atom. The van der Waals surface area contributed by atoms with Crippen LogP contribution in [0.5, 0.6) is 17.2 Å². The van der Waals surface area contributed by atoms with Gasteiger partial charge in [0.2, 0.25) is 5.78 Å². The minimum Gasteiger partial charge on any atom is -0.508 e. The van der Waals surface area contributed by atoms with Gasteiger partial charge in [-0.2, -0.15) is 0 Å². The monoisotopic (exact) mass is 511 g/mol. The number of rotatable bonds is 3. The molecule has 0 unspecified atom stereocenters. The third-order valence-corrected chi connectivity index (χ3v) is 6.81. The summed E-state index contributed by atoms with van der Waals surface area (Å²) in [6.45, 7) is 2.21. The number of nitrogens with zero attached hydrogens (tertiary/aromatic N) is 2. The fourth-order valence-electron chi connectivity index (χ4n) is 4.95. The highest BCUT2D eigenvalue weighted by Gasteiger charge is 2.31. The van der Waals surface area contributed by atoms with Gasteiger partial charge in [0, 0.05) is 60.6 Å². The van der Waals surface area contributed by atoms with Crippen LogP contribution in [0.15, 0.2) is 66.6 Å². The fourth-order valence-corrected chi connectivity index (χ4v) is 4.95. The number of aromatic hydroxyl groups is 2. The Morgan fingerprint density at radius 1 is 1.05 bits per heavy atom. The number of hydrogen-bond donors (Lipinski definition) is 3. The maximum atomic E-state index is 13.0. The first kappa shape index (κ1) is 23.6. The Hall–Kier alpha value is -4.76. The predicted molar refractivity (Wildman–Crippen MR) is 142 cm³/mol. The van der Waals surface area contributed by atoms with E-state index in [0.717, 1.165) is 33.7 Å². The molecule has 3 N–H and O–H groups in total. The van der Waals surface area contributed by atoms with Crippen LogP contribution < -0.4 is 10.1 Å². The van der Waals surface area contributed by atoms with Gasteiger partial charge < -0.3 is 34.5 Å². The smallest absolute Gasteiger partial charge is 0.321 e. The highest BCUT2D eigenvalue weighted by atomic mass is 16.5. The first-order chi connectivity index (χ1) is 18.4. The molecule has 0 radical (unpaired) electrons. The van der Waals surface area contributed by atoms with Gasteiger partial charge in [0.05, 0.1) is 13.2 Å². The van der Waals surface area contributed by atoms with E-state index in [4.69, 9.17) is 9.47 Å². The molecule has 0 saturated carbocycles. The molecule has 1 saturated heterocycles. The third-order valence-electron chi connectivity index (χ3n) is 6.81. The summed E-state index contributed by atoms with van der Waals surface area (Å²) < 4.78 is 13.0. The third kappa shape index (κ3) is 4.12. The lowest BCUT2D eigenvalue weighted by molar-refractivity contribution is 0.0564.